The summed E-state index contributed by atoms with van der Waals surface area (Å²) in [6, 6.07) is 11.3. The van der Waals surface area contributed by atoms with Gasteiger partial charge in [-0.3, -0.25) is 0 Å². The van der Waals surface area contributed by atoms with Crippen LogP contribution < -0.4 is 5.32 Å². The van der Waals surface area contributed by atoms with Gasteiger partial charge < -0.3 is 5.32 Å². The fourth-order valence-electron chi connectivity index (χ4n) is 2.35. The molecule has 1 heteroatoms. The minimum absolute atomic E-state index is 0.212. The number of rotatable bonds is 6. The van der Waals surface area contributed by atoms with Crippen molar-refractivity contribution in [3.63, 3.8) is 0 Å². The topological polar surface area (TPSA) is 12.0 Å². The molecule has 98 valence electrons. The zero-order valence-electron chi connectivity index (χ0n) is 12.1. The Hall–Kier alpha value is -1.26. The predicted molar refractivity (Wildman–Crippen MR) is 79.6 cm³/mol. The Morgan fingerprint density at radius 3 is 2.50 bits per heavy atom. The van der Waals surface area contributed by atoms with E-state index in [0.29, 0.717) is 6.04 Å². The number of hydrogen-bond acceptors (Lipinski definition) is 1. The molecule has 0 fully saturated rings. The van der Waals surface area contributed by atoms with Gasteiger partial charge in [0.05, 0.1) is 0 Å². The molecule has 0 saturated carbocycles. The molecule has 1 N–H and O–H groups in total. The first kappa shape index (κ1) is 14.8. The number of hydrogen-bond donors (Lipinski definition) is 1. The smallest absolute Gasteiger partial charge is 0.0214 e. The van der Waals surface area contributed by atoms with Gasteiger partial charge in [-0.05, 0) is 31.2 Å². The zero-order valence-corrected chi connectivity index (χ0v) is 12.1. The van der Waals surface area contributed by atoms with Crippen LogP contribution in [-0.2, 0) is 5.41 Å². The van der Waals surface area contributed by atoms with E-state index < -0.39 is 0 Å². The molecule has 1 aromatic rings. The van der Waals surface area contributed by atoms with Gasteiger partial charge in [0.25, 0.3) is 0 Å². The SMILES string of the molecule is CC#CCCNC(C)CC(C)(C)c1ccccc1. The van der Waals surface area contributed by atoms with Crippen LogP contribution in [0.25, 0.3) is 0 Å². The fraction of sp³-hybridized carbons (Fsp3) is 0.529. The molecular formula is C17H25N. The highest BCUT2D eigenvalue weighted by molar-refractivity contribution is 5.23. The second-order valence-electron chi connectivity index (χ2n) is 5.49. The van der Waals surface area contributed by atoms with Crippen molar-refractivity contribution < 1.29 is 0 Å². The summed E-state index contributed by atoms with van der Waals surface area (Å²) in [7, 11) is 0. The molecule has 0 aromatic heterocycles. The van der Waals surface area contributed by atoms with Gasteiger partial charge in [0.2, 0.25) is 0 Å². The molecule has 0 spiro atoms. The lowest BCUT2D eigenvalue weighted by molar-refractivity contribution is 0.392. The summed E-state index contributed by atoms with van der Waals surface area (Å²) in [4.78, 5) is 0. The van der Waals surface area contributed by atoms with E-state index in [1.54, 1.807) is 0 Å². The Kier molecular flexibility index (Phi) is 5.95. The molecule has 0 aliphatic carbocycles. The van der Waals surface area contributed by atoms with E-state index >= 15 is 0 Å². The van der Waals surface area contributed by atoms with Crippen molar-refractivity contribution in [2.75, 3.05) is 6.54 Å². The molecule has 18 heavy (non-hydrogen) atoms. The standard InChI is InChI=1S/C17H25N/c1-5-6-10-13-18-15(2)14-17(3,4)16-11-8-7-9-12-16/h7-9,11-12,15,18H,10,13-14H2,1-4H3. The maximum absolute atomic E-state index is 3.54. The van der Waals surface area contributed by atoms with E-state index in [4.69, 9.17) is 0 Å². The number of nitrogens with one attached hydrogen (secondary N) is 1. The Balaban J connectivity index is 2.46. The molecule has 0 saturated heterocycles. The Labute approximate surface area is 112 Å². The summed E-state index contributed by atoms with van der Waals surface area (Å²) in [5.74, 6) is 6.01. The van der Waals surface area contributed by atoms with Crippen LogP contribution in [0, 0.1) is 11.8 Å². The van der Waals surface area contributed by atoms with E-state index in [1.807, 2.05) is 6.92 Å². The maximum atomic E-state index is 3.54. The van der Waals surface area contributed by atoms with Crippen LogP contribution in [-0.4, -0.2) is 12.6 Å². The molecule has 0 aliphatic rings. The van der Waals surface area contributed by atoms with Gasteiger partial charge in [-0.1, -0.05) is 44.2 Å². The highest BCUT2D eigenvalue weighted by Crippen LogP contribution is 2.27. The first-order valence-corrected chi connectivity index (χ1v) is 6.75. The minimum atomic E-state index is 0.212. The average Bonchev–Trinajstić information content (AvgIpc) is 2.35. The highest BCUT2D eigenvalue weighted by Gasteiger charge is 2.22. The Bertz CT molecular complexity index is 395. The lowest BCUT2D eigenvalue weighted by Crippen LogP contribution is -2.33. The van der Waals surface area contributed by atoms with Gasteiger partial charge in [-0.15, -0.1) is 11.8 Å². The third kappa shape index (κ3) is 4.94. The molecule has 1 nitrogen and oxygen atoms in total. The Morgan fingerprint density at radius 2 is 1.89 bits per heavy atom. The van der Waals surface area contributed by atoms with Gasteiger partial charge in [0.15, 0.2) is 0 Å². The molecule has 0 amide bonds. The second-order valence-corrected chi connectivity index (χ2v) is 5.49. The minimum Gasteiger partial charge on any atom is -0.313 e. The third-order valence-electron chi connectivity index (χ3n) is 3.29. The summed E-state index contributed by atoms with van der Waals surface area (Å²) in [5, 5.41) is 3.54. The second kappa shape index (κ2) is 7.24. The van der Waals surface area contributed by atoms with E-state index in [1.165, 1.54) is 5.56 Å². The first-order valence-electron chi connectivity index (χ1n) is 6.75. The molecule has 0 aliphatic heterocycles. The summed E-state index contributed by atoms with van der Waals surface area (Å²) < 4.78 is 0. The average molecular weight is 243 g/mol. The summed E-state index contributed by atoms with van der Waals surface area (Å²) in [6.45, 7) is 9.75. The molecule has 1 aromatic carbocycles. The molecule has 0 heterocycles. The lowest BCUT2D eigenvalue weighted by Gasteiger charge is -2.29. The van der Waals surface area contributed by atoms with E-state index in [9.17, 15) is 0 Å². The van der Waals surface area contributed by atoms with Crippen LogP contribution in [0.2, 0.25) is 0 Å². The quantitative estimate of drug-likeness (QED) is 0.593. The molecule has 1 rings (SSSR count). The van der Waals surface area contributed by atoms with E-state index in [2.05, 4.69) is 68.3 Å². The van der Waals surface area contributed by atoms with Gasteiger partial charge >= 0.3 is 0 Å². The summed E-state index contributed by atoms with van der Waals surface area (Å²) in [5.41, 5.74) is 1.62. The van der Waals surface area contributed by atoms with E-state index in [0.717, 1.165) is 19.4 Å². The summed E-state index contributed by atoms with van der Waals surface area (Å²) in [6.07, 6.45) is 2.07. The highest BCUT2D eigenvalue weighted by atomic mass is 14.9. The molecular weight excluding hydrogens is 218 g/mol. The zero-order chi connectivity index (χ0) is 13.4. The van der Waals surface area contributed by atoms with Crippen LogP contribution in [0.3, 0.4) is 0 Å². The van der Waals surface area contributed by atoms with Crippen molar-refractivity contribution in [2.45, 2.75) is 52.0 Å². The van der Waals surface area contributed by atoms with Crippen LogP contribution >= 0.6 is 0 Å². The van der Waals surface area contributed by atoms with E-state index in [-0.39, 0.29) is 5.41 Å². The van der Waals surface area contributed by atoms with Crippen molar-refractivity contribution in [1.82, 2.24) is 5.32 Å². The monoisotopic (exact) mass is 243 g/mol. The van der Waals surface area contributed by atoms with Crippen LogP contribution in [0.4, 0.5) is 0 Å². The molecule has 1 unspecified atom stereocenters. The molecule has 0 bridgehead atoms. The van der Waals surface area contributed by atoms with Crippen LogP contribution in [0.1, 0.15) is 46.1 Å². The van der Waals surface area contributed by atoms with Crippen LogP contribution in [0.5, 0.6) is 0 Å². The predicted octanol–water partition coefficient (Wildman–Crippen LogP) is 3.75. The van der Waals surface area contributed by atoms with Crippen molar-refractivity contribution in [3.05, 3.63) is 35.9 Å². The van der Waals surface area contributed by atoms with Gasteiger partial charge in [0, 0.05) is 19.0 Å². The fourth-order valence-corrected chi connectivity index (χ4v) is 2.35. The van der Waals surface area contributed by atoms with Crippen molar-refractivity contribution in [1.29, 1.82) is 0 Å². The van der Waals surface area contributed by atoms with Crippen LogP contribution in [0.15, 0.2) is 30.3 Å². The van der Waals surface area contributed by atoms with Gasteiger partial charge in [-0.25, -0.2) is 0 Å². The number of benzene rings is 1. The van der Waals surface area contributed by atoms with Gasteiger partial charge in [-0.2, -0.15) is 0 Å². The summed E-state index contributed by atoms with van der Waals surface area (Å²) >= 11 is 0. The van der Waals surface area contributed by atoms with Crippen molar-refractivity contribution >= 4 is 0 Å². The molecule has 1 atom stereocenters. The molecule has 0 radical (unpaired) electrons. The normalized spacial score (nSPS) is 12.7. The largest absolute Gasteiger partial charge is 0.313 e. The lowest BCUT2D eigenvalue weighted by atomic mass is 9.79. The van der Waals surface area contributed by atoms with Gasteiger partial charge in [0.1, 0.15) is 0 Å². The van der Waals surface area contributed by atoms with Crippen molar-refractivity contribution in [3.8, 4) is 11.8 Å². The maximum Gasteiger partial charge on any atom is 0.0214 e. The Morgan fingerprint density at radius 1 is 1.22 bits per heavy atom. The first-order chi connectivity index (χ1) is 8.56. The third-order valence-corrected chi connectivity index (χ3v) is 3.29. The van der Waals surface area contributed by atoms with Crippen molar-refractivity contribution in [2.24, 2.45) is 0 Å².